The number of aliphatic hydroxyl groups excluding tert-OH is 1. The summed E-state index contributed by atoms with van der Waals surface area (Å²) in [5, 5.41) is 9.80. The van der Waals surface area contributed by atoms with Crippen LogP contribution in [0.5, 0.6) is 0 Å². The fraction of sp³-hybridized carbons (Fsp3) is 1.00. The molecule has 0 aromatic heterocycles. The molecule has 0 bridgehead atoms. The van der Waals surface area contributed by atoms with Gasteiger partial charge in [0.15, 0.2) is 9.84 Å². The van der Waals surface area contributed by atoms with Gasteiger partial charge in [0, 0.05) is 18.6 Å². The molecule has 0 aromatic rings. The molecule has 88 valence electrons. The van der Waals surface area contributed by atoms with Crippen molar-refractivity contribution in [3.8, 4) is 0 Å². The summed E-state index contributed by atoms with van der Waals surface area (Å²) in [6.07, 6.45) is 2.67. The largest absolute Gasteiger partial charge is 0.391 e. The fourth-order valence-electron chi connectivity index (χ4n) is 2.81. The van der Waals surface area contributed by atoms with E-state index in [0.29, 0.717) is 6.54 Å². The van der Waals surface area contributed by atoms with Gasteiger partial charge in [-0.25, -0.2) is 8.42 Å². The Morgan fingerprint density at radius 3 is 2.60 bits per heavy atom. The lowest BCUT2D eigenvalue weighted by Crippen LogP contribution is -2.53. The number of rotatable bonds is 1. The number of hydrogen-bond acceptors (Lipinski definition) is 4. The molecule has 1 unspecified atom stereocenters. The molecule has 0 aromatic carbocycles. The summed E-state index contributed by atoms with van der Waals surface area (Å²) >= 11 is 0. The van der Waals surface area contributed by atoms with Gasteiger partial charge in [-0.05, 0) is 26.2 Å². The minimum absolute atomic E-state index is 0.0569. The van der Waals surface area contributed by atoms with E-state index in [2.05, 4.69) is 4.90 Å². The topological polar surface area (TPSA) is 57.6 Å². The lowest BCUT2D eigenvalue weighted by atomic mass is 10.1. The van der Waals surface area contributed by atoms with Crippen LogP contribution in [0.15, 0.2) is 0 Å². The first-order chi connectivity index (χ1) is 6.99. The second-order valence-electron chi connectivity index (χ2n) is 4.77. The average molecular weight is 233 g/mol. The standard InChI is InChI=1S/C10H19NO3S/c1-8-7-15(13,14)6-5-11(8)9-3-2-4-10(9)12/h8-10,12H,2-7H2,1H3/t8?,9-,10-/m1/s1. The predicted molar refractivity (Wildman–Crippen MR) is 58.5 cm³/mol. The van der Waals surface area contributed by atoms with Crippen molar-refractivity contribution in [1.29, 1.82) is 0 Å². The summed E-state index contributed by atoms with van der Waals surface area (Å²) in [5.41, 5.74) is 0. The van der Waals surface area contributed by atoms with Crippen LogP contribution in [0.1, 0.15) is 26.2 Å². The van der Waals surface area contributed by atoms with Crippen LogP contribution < -0.4 is 0 Å². The monoisotopic (exact) mass is 233 g/mol. The molecule has 1 saturated heterocycles. The molecular weight excluding hydrogens is 214 g/mol. The summed E-state index contributed by atoms with van der Waals surface area (Å²) in [6.45, 7) is 2.53. The Morgan fingerprint density at radius 2 is 2.07 bits per heavy atom. The highest BCUT2D eigenvalue weighted by molar-refractivity contribution is 7.91. The molecule has 1 aliphatic heterocycles. The molecule has 2 rings (SSSR count). The Kier molecular flexibility index (Phi) is 3.05. The zero-order chi connectivity index (χ0) is 11.1. The fourth-order valence-corrected chi connectivity index (χ4v) is 4.39. The van der Waals surface area contributed by atoms with Crippen LogP contribution in [0.25, 0.3) is 0 Å². The molecule has 0 amide bonds. The molecule has 0 radical (unpaired) electrons. The van der Waals surface area contributed by atoms with Crippen molar-refractivity contribution in [1.82, 2.24) is 4.90 Å². The van der Waals surface area contributed by atoms with Gasteiger partial charge in [-0.15, -0.1) is 0 Å². The van der Waals surface area contributed by atoms with E-state index in [1.807, 2.05) is 6.92 Å². The lowest BCUT2D eigenvalue weighted by Gasteiger charge is -2.39. The van der Waals surface area contributed by atoms with Crippen molar-refractivity contribution in [3.63, 3.8) is 0 Å². The Bertz CT molecular complexity index is 328. The van der Waals surface area contributed by atoms with E-state index in [4.69, 9.17) is 0 Å². The van der Waals surface area contributed by atoms with E-state index in [9.17, 15) is 13.5 Å². The molecule has 2 aliphatic rings. The van der Waals surface area contributed by atoms with Gasteiger partial charge in [-0.3, -0.25) is 4.90 Å². The zero-order valence-electron chi connectivity index (χ0n) is 9.09. The Labute approximate surface area is 91.2 Å². The van der Waals surface area contributed by atoms with Crippen LogP contribution in [0.3, 0.4) is 0 Å². The summed E-state index contributed by atoms with van der Waals surface area (Å²) in [4.78, 5) is 2.18. The SMILES string of the molecule is CC1CS(=O)(=O)CCN1[C@@H]1CCC[C@H]1O. The molecule has 3 atom stereocenters. The third-order valence-corrected chi connectivity index (χ3v) is 5.39. The van der Waals surface area contributed by atoms with E-state index in [0.717, 1.165) is 19.3 Å². The van der Waals surface area contributed by atoms with Crippen LogP contribution in [0.4, 0.5) is 0 Å². The summed E-state index contributed by atoms with van der Waals surface area (Å²) in [7, 11) is -2.84. The molecular formula is C10H19NO3S. The molecule has 1 saturated carbocycles. The molecule has 1 N–H and O–H groups in total. The first-order valence-electron chi connectivity index (χ1n) is 5.64. The summed E-state index contributed by atoms with van der Waals surface area (Å²) < 4.78 is 22.8. The highest BCUT2D eigenvalue weighted by atomic mass is 32.2. The second-order valence-corrected chi connectivity index (χ2v) is 7.00. The van der Waals surface area contributed by atoms with Gasteiger partial charge in [-0.1, -0.05) is 0 Å². The maximum atomic E-state index is 11.4. The summed E-state index contributed by atoms with van der Waals surface area (Å²) in [5.74, 6) is 0.497. The van der Waals surface area contributed by atoms with Crippen molar-refractivity contribution in [2.75, 3.05) is 18.1 Å². The van der Waals surface area contributed by atoms with Gasteiger partial charge < -0.3 is 5.11 Å². The quantitative estimate of drug-likeness (QED) is 0.693. The van der Waals surface area contributed by atoms with Gasteiger partial charge in [0.2, 0.25) is 0 Å². The third-order valence-electron chi connectivity index (χ3n) is 3.59. The molecule has 5 heteroatoms. The molecule has 2 fully saturated rings. The first-order valence-corrected chi connectivity index (χ1v) is 7.46. The zero-order valence-corrected chi connectivity index (χ0v) is 9.91. The molecule has 0 spiro atoms. The predicted octanol–water partition coefficient (Wildman–Crippen LogP) is 0.0187. The smallest absolute Gasteiger partial charge is 0.153 e. The van der Waals surface area contributed by atoms with Crippen LogP contribution in [0, 0.1) is 0 Å². The summed E-state index contributed by atoms with van der Waals surface area (Å²) in [6, 6.07) is 0.247. The number of nitrogens with zero attached hydrogens (tertiary/aromatic N) is 1. The van der Waals surface area contributed by atoms with Gasteiger partial charge in [0.05, 0.1) is 17.6 Å². The maximum Gasteiger partial charge on any atom is 0.153 e. The average Bonchev–Trinajstić information content (AvgIpc) is 2.50. The van der Waals surface area contributed by atoms with E-state index in [1.54, 1.807) is 0 Å². The van der Waals surface area contributed by atoms with Gasteiger partial charge >= 0.3 is 0 Å². The van der Waals surface area contributed by atoms with Crippen molar-refractivity contribution in [3.05, 3.63) is 0 Å². The number of aliphatic hydroxyl groups is 1. The highest BCUT2D eigenvalue weighted by Gasteiger charge is 2.37. The number of hydrogen-bond donors (Lipinski definition) is 1. The van der Waals surface area contributed by atoms with Crippen LogP contribution >= 0.6 is 0 Å². The normalized spacial score (nSPS) is 41.9. The minimum atomic E-state index is -2.84. The molecule has 4 nitrogen and oxygen atoms in total. The van der Waals surface area contributed by atoms with Crippen LogP contribution in [-0.2, 0) is 9.84 Å². The minimum Gasteiger partial charge on any atom is -0.391 e. The van der Waals surface area contributed by atoms with Gasteiger partial charge in [-0.2, -0.15) is 0 Å². The van der Waals surface area contributed by atoms with E-state index < -0.39 is 9.84 Å². The van der Waals surface area contributed by atoms with E-state index in [1.165, 1.54) is 0 Å². The highest BCUT2D eigenvalue weighted by Crippen LogP contribution is 2.27. The number of sulfone groups is 1. The van der Waals surface area contributed by atoms with Crippen LogP contribution in [-0.4, -0.2) is 54.7 Å². The molecule has 1 aliphatic carbocycles. The Morgan fingerprint density at radius 1 is 1.33 bits per heavy atom. The van der Waals surface area contributed by atoms with E-state index >= 15 is 0 Å². The molecule has 1 heterocycles. The third kappa shape index (κ3) is 2.34. The van der Waals surface area contributed by atoms with Crippen LogP contribution in [0.2, 0.25) is 0 Å². The van der Waals surface area contributed by atoms with Crippen molar-refractivity contribution >= 4 is 9.84 Å². The van der Waals surface area contributed by atoms with E-state index in [-0.39, 0.29) is 29.7 Å². The molecule has 15 heavy (non-hydrogen) atoms. The van der Waals surface area contributed by atoms with Gasteiger partial charge in [0.25, 0.3) is 0 Å². The lowest BCUT2D eigenvalue weighted by molar-refractivity contribution is 0.0540. The first kappa shape index (κ1) is 11.4. The Hall–Kier alpha value is -0.130. The Balaban J connectivity index is 2.05. The second kappa shape index (κ2) is 4.03. The van der Waals surface area contributed by atoms with Crippen molar-refractivity contribution in [2.45, 2.75) is 44.4 Å². The van der Waals surface area contributed by atoms with Crippen molar-refractivity contribution in [2.24, 2.45) is 0 Å². The van der Waals surface area contributed by atoms with Gasteiger partial charge in [0.1, 0.15) is 0 Å². The maximum absolute atomic E-state index is 11.4. The van der Waals surface area contributed by atoms with Crippen molar-refractivity contribution < 1.29 is 13.5 Å².